The van der Waals surface area contributed by atoms with Gasteiger partial charge < -0.3 is 10.6 Å². The zero-order valence-corrected chi connectivity index (χ0v) is 12.1. The molecule has 1 aromatic rings. The van der Waals surface area contributed by atoms with Gasteiger partial charge in [0.05, 0.1) is 6.54 Å². The van der Waals surface area contributed by atoms with Gasteiger partial charge in [-0.1, -0.05) is 29.3 Å². The van der Waals surface area contributed by atoms with E-state index in [0.29, 0.717) is 23.1 Å². The first-order valence-corrected chi connectivity index (χ1v) is 6.68. The SMILES string of the molecule is CC(C)NC(=O)CNCCc1ccc(Cl)cc1Cl. The van der Waals surface area contributed by atoms with E-state index < -0.39 is 0 Å². The lowest BCUT2D eigenvalue weighted by atomic mass is 10.1. The van der Waals surface area contributed by atoms with Crippen molar-refractivity contribution < 1.29 is 4.79 Å². The van der Waals surface area contributed by atoms with Crippen LogP contribution in [-0.2, 0) is 11.2 Å². The second kappa shape index (κ2) is 7.62. The molecule has 0 fully saturated rings. The third-order valence-corrected chi connectivity index (χ3v) is 2.91. The summed E-state index contributed by atoms with van der Waals surface area (Å²) in [6.45, 7) is 4.90. The average Bonchev–Trinajstić information content (AvgIpc) is 2.25. The largest absolute Gasteiger partial charge is 0.353 e. The molecule has 1 amide bonds. The Bertz CT molecular complexity index is 408. The van der Waals surface area contributed by atoms with Gasteiger partial charge in [-0.3, -0.25) is 4.79 Å². The standard InChI is InChI=1S/C13H18Cl2N2O/c1-9(2)17-13(18)8-16-6-5-10-3-4-11(14)7-12(10)15/h3-4,7,9,16H,5-6,8H2,1-2H3,(H,17,18). The van der Waals surface area contributed by atoms with E-state index in [1.54, 1.807) is 6.07 Å². The van der Waals surface area contributed by atoms with Gasteiger partial charge in [-0.25, -0.2) is 0 Å². The molecule has 18 heavy (non-hydrogen) atoms. The Kier molecular flexibility index (Phi) is 6.47. The van der Waals surface area contributed by atoms with Gasteiger partial charge in [-0.15, -0.1) is 0 Å². The molecule has 1 aromatic carbocycles. The molecule has 0 radical (unpaired) electrons. The Morgan fingerprint density at radius 2 is 2.06 bits per heavy atom. The third kappa shape index (κ3) is 5.71. The van der Waals surface area contributed by atoms with Crippen LogP contribution in [0.25, 0.3) is 0 Å². The van der Waals surface area contributed by atoms with Crippen molar-refractivity contribution in [2.75, 3.05) is 13.1 Å². The first-order chi connectivity index (χ1) is 8.49. The maximum atomic E-state index is 11.4. The number of benzene rings is 1. The monoisotopic (exact) mass is 288 g/mol. The first kappa shape index (κ1) is 15.3. The fourth-order valence-electron chi connectivity index (χ4n) is 1.52. The molecular formula is C13H18Cl2N2O. The summed E-state index contributed by atoms with van der Waals surface area (Å²) in [6.07, 6.45) is 0.769. The summed E-state index contributed by atoms with van der Waals surface area (Å²) < 4.78 is 0. The van der Waals surface area contributed by atoms with Gasteiger partial charge in [0.15, 0.2) is 0 Å². The van der Waals surface area contributed by atoms with E-state index in [9.17, 15) is 4.79 Å². The van der Waals surface area contributed by atoms with Crippen LogP contribution in [0.5, 0.6) is 0 Å². The molecule has 0 unspecified atom stereocenters. The fourth-order valence-corrected chi connectivity index (χ4v) is 2.03. The first-order valence-electron chi connectivity index (χ1n) is 5.93. The molecule has 0 heterocycles. The normalized spacial score (nSPS) is 10.7. The summed E-state index contributed by atoms with van der Waals surface area (Å²) in [5.74, 6) is 0.00667. The molecule has 0 bridgehead atoms. The molecule has 0 aliphatic heterocycles. The van der Waals surface area contributed by atoms with Crippen LogP contribution in [-0.4, -0.2) is 25.0 Å². The lowest BCUT2D eigenvalue weighted by Crippen LogP contribution is -2.38. The smallest absolute Gasteiger partial charge is 0.234 e. The summed E-state index contributed by atoms with van der Waals surface area (Å²) in [7, 11) is 0. The highest BCUT2D eigenvalue weighted by molar-refractivity contribution is 6.35. The molecule has 2 N–H and O–H groups in total. The van der Waals surface area contributed by atoms with Gasteiger partial charge in [0.1, 0.15) is 0 Å². The Balaban J connectivity index is 2.27. The van der Waals surface area contributed by atoms with Crippen LogP contribution in [0.1, 0.15) is 19.4 Å². The molecule has 0 atom stereocenters. The summed E-state index contributed by atoms with van der Waals surface area (Å²) in [4.78, 5) is 11.4. The minimum atomic E-state index is 0.00667. The summed E-state index contributed by atoms with van der Waals surface area (Å²) in [5, 5.41) is 7.19. The zero-order chi connectivity index (χ0) is 13.5. The van der Waals surface area contributed by atoms with E-state index in [4.69, 9.17) is 23.2 Å². The van der Waals surface area contributed by atoms with E-state index in [0.717, 1.165) is 12.0 Å². The molecule has 0 aliphatic carbocycles. The topological polar surface area (TPSA) is 41.1 Å². The molecule has 0 saturated carbocycles. The number of hydrogen-bond acceptors (Lipinski definition) is 2. The second-order valence-corrected chi connectivity index (χ2v) is 5.23. The van der Waals surface area contributed by atoms with E-state index in [1.807, 2.05) is 26.0 Å². The van der Waals surface area contributed by atoms with Crippen LogP contribution >= 0.6 is 23.2 Å². The van der Waals surface area contributed by atoms with Crippen molar-refractivity contribution in [1.29, 1.82) is 0 Å². The van der Waals surface area contributed by atoms with Gasteiger partial charge in [0, 0.05) is 16.1 Å². The van der Waals surface area contributed by atoms with Gasteiger partial charge in [-0.05, 0) is 44.5 Å². The second-order valence-electron chi connectivity index (χ2n) is 4.38. The Labute approximate surface area is 118 Å². The van der Waals surface area contributed by atoms with E-state index in [2.05, 4.69) is 10.6 Å². The van der Waals surface area contributed by atoms with E-state index in [1.165, 1.54) is 0 Å². The molecule has 0 saturated heterocycles. The highest BCUT2D eigenvalue weighted by Gasteiger charge is 2.03. The van der Waals surface area contributed by atoms with Gasteiger partial charge in [-0.2, -0.15) is 0 Å². The summed E-state index contributed by atoms with van der Waals surface area (Å²) >= 11 is 11.9. The van der Waals surface area contributed by atoms with Crippen LogP contribution in [0.15, 0.2) is 18.2 Å². The quantitative estimate of drug-likeness (QED) is 0.790. The lowest BCUT2D eigenvalue weighted by molar-refractivity contribution is -0.120. The zero-order valence-electron chi connectivity index (χ0n) is 10.6. The van der Waals surface area contributed by atoms with Crippen molar-refractivity contribution in [1.82, 2.24) is 10.6 Å². The van der Waals surface area contributed by atoms with Crippen molar-refractivity contribution >= 4 is 29.1 Å². The van der Waals surface area contributed by atoms with Crippen molar-refractivity contribution in [3.63, 3.8) is 0 Å². The minimum Gasteiger partial charge on any atom is -0.353 e. The number of hydrogen-bond donors (Lipinski definition) is 2. The van der Waals surface area contributed by atoms with Crippen molar-refractivity contribution in [3.8, 4) is 0 Å². The number of carbonyl (C=O) groups excluding carboxylic acids is 1. The Morgan fingerprint density at radius 1 is 1.33 bits per heavy atom. The summed E-state index contributed by atoms with van der Waals surface area (Å²) in [6, 6.07) is 5.61. The molecule has 0 aliphatic rings. The van der Waals surface area contributed by atoms with Gasteiger partial charge >= 0.3 is 0 Å². The molecular weight excluding hydrogens is 271 g/mol. The van der Waals surface area contributed by atoms with Crippen molar-refractivity contribution in [3.05, 3.63) is 33.8 Å². The minimum absolute atomic E-state index is 0.00667. The maximum absolute atomic E-state index is 11.4. The molecule has 1 rings (SSSR count). The molecule has 100 valence electrons. The van der Waals surface area contributed by atoms with Crippen molar-refractivity contribution in [2.24, 2.45) is 0 Å². The van der Waals surface area contributed by atoms with Crippen LogP contribution in [0, 0.1) is 0 Å². The number of nitrogens with one attached hydrogen (secondary N) is 2. The average molecular weight is 289 g/mol. The number of rotatable bonds is 6. The van der Waals surface area contributed by atoms with E-state index >= 15 is 0 Å². The molecule has 3 nitrogen and oxygen atoms in total. The highest BCUT2D eigenvalue weighted by atomic mass is 35.5. The predicted octanol–water partition coefficient (Wildman–Crippen LogP) is 2.65. The Morgan fingerprint density at radius 3 is 2.67 bits per heavy atom. The number of halogens is 2. The van der Waals surface area contributed by atoms with Crippen LogP contribution in [0.2, 0.25) is 10.0 Å². The van der Waals surface area contributed by atoms with Crippen LogP contribution in [0.3, 0.4) is 0 Å². The summed E-state index contributed by atoms with van der Waals surface area (Å²) in [5.41, 5.74) is 1.03. The highest BCUT2D eigenvalue weighted by Crippen LogP contribution is 2.20. The van der Waals surface area contributed by atoms with Crippen molar-refractivity contribution in [2.45, 2.75) is 26.3 Å². The van der Waals surface area contributed by atoms with Gasteiger partial charge in [0.25, 0.3) is 0 Å². The predicted molar refractivity (Wildman–Crippen MR) is 76.3 cm³/mol. The lowest BCUT2D eigenvalue weighted by Gasteiger charge is -2.09. The maximum Gasteiger partial charge on any atom is 0.234 e. The third-order valence-electron chi connectivity index (χ3n) is 2.32. The molecule has 0 aromatic heterocycles. The van der Waals surface area contributed by atoms with Crippen LogP contribution in [0.4, 0.5) is 0 Å². The van der Waals surface area contributed by atoms with E-state index in [-0.39, 0.29) is 11.9 Å². The fraction of sp³-hybridized carbons (Fsp3) is 0.462. The van der Waals surface area contributed by atoms with Crippen LogP contribution < -0.4 is 10.6 Å². The molecule has 0 spiro atoms. The Hall–Kier alpha value is -0.770. The van der Waals surface area contributed by atoms with Gasteiger partial charge in [0.2, 0.25) is 5.91 Å². The number of amides is 1. The molecule has 5 heteroatoms. The number of carbonyl (C=O) groups is 1.